The van der Waals surface area contributed by atoms with Gasteiger partial charge in [0.2, 0.25) is 11.9 Å². The van der Waals surface area contributed by atoms with Crippen LogP contribution in [0.4, 0.5) is 17.6 Å². The number of anilines is 3. The first-order valence-electron chi connectivity index (χ1n) is 5.48. The first-order valence-corrected chi connectivity index (χ1v) is 5.48. The number of hydrogen-bond donors (Lipinski definition) is 3. The average molecular weight is 244 g/mol. The highest BCUT2D eigenvalue weighted by Crippen LogP contribution is 2.19. The molecule has 0 bridgehead atoms. The van der Waals surface area contributed by atoms with Gasteiger partial charge in [-0.25, -0.2) is 5.10 Å². The van der Waals surface area contributed by atoms with Crippen molar-refractivity contribution in [3.8, 4) is 0 Å². The van der Waals surface area contributed by atoms with E-state index in [-0.39, 0.29) is 5.95 Å². The van der Waals surface area contributed by atoms with Crippen molar-refractivity contribution < 1.29 is 0 Å². The average Bonchev–Trinajstić information content (AvgIpc) is 2.75. The molecule has 6 heteroatoms. The lowest BCUT2D eigenvalue weighted by Crippen LogP contribution is -2.08. The van der Waals surface area contributed by atoms with E-state index in [0.717, 1.165) is 16.9 Å². The number of aromatic amines is 1. The molecular formula is C12H16N6. The number of benzene rings is 1. The van der Waals surface area contributed by atoms with Crippen LogP contribution in [0.3, 0.4) is 0 Å². The lowest BCUT2D eigenvalue weighted by Gasteiger charge is -2.16. The summed E-state index contributed by atoms with van der Waals surface area (Å²) in [4.78, 5) is 5.94. The molecule has 0 saturated carbocycles. The van der Waals surface area contributed by atoms with Crippen LogP contribution in [0, 0.1) is 0 Å². The number of aromatic nitrogens is 3. The van der Waals surface area contributed by atoms with E-state index in [1.54, 1.807) is 0 Å². The zero-order valence-corrected chi connectivity index (χ0v) is 10.4. The summed E-state index contributed by atoms with van der Waals surface area (Å²) < 4.78 is 0. The van der Waals surface area contributed by atoms with Crippen molar-refractivity contribution in [1.29, 1.82) is 0 Å². The molecule has 0 unspecified atom stereocenters. The summed E-state index contributed by atoms with van der Waals surface area (Å²) in [5.74, 6) is 0.738. The molecule has 0 spiro atoms. The minimum Gasteiger partial charge on any atom is -0.378 e. The highest BCUT2D eigenvalue weighted by molar-refractivity contribution is 5.65. The molecule has 2 rings (SSSR count). The molecule has 0 fully saturated rings. The van der Waals surface area contributed by atoms with E-state index in [9.17, 15) is 0 Å². The van der Waals surface area contributed by atoms with Crippen LogP contribution in [0.5, 0.6) is 0 Å². The van der Waals surface area contributed by atoms with Gasteiger partial charge in [0, 0.05) is 25.5 Å². The van der Waals surface area contributed by atoms with Crippen molar-refractivity contribution in [2.45, 2.75) is 0 Å². The third-order valence-electron chi connectivity index (χ3n) is 2.52. The van der Waals surface area contributed by atoms with E-state index in [1.165, 1.54) is 0 Å². The highest BCUT2D eigenvalue weighted by Gasteiger charge is 2.03. The fourth-order valence-electron chi connectivity index (χ4n) is 1.46. The number of hydrogen-bond acceptors (Lipinski definition) is 5. The molecule has 0 aliphatic heterocycles. The monoisotopic (exact) mass is 244 g/mol. The van der Waals surface area contributed by atoms with E-state index in [1.807, 2.05) is 43.3 Å². The summed E-state index contributed by atoms with van der Waals surface area (Å²) in [5.41, 5.74) is 8.37. The van der Waals surface area contributed by atoms with Crippen molar-refractivity contribution in [2.75, 3.05) is 25.1 Å². The molecule has 6 nitrogen and oxygen atoms in total. The van der Waals surface area contributed by atoms with Gasteiger partial charge in [0.1, 0.15) is 0 Å². The summed E-state index contributed by atoms with van der Waals surface area (Å²) in [6, 6.07) is 7.86. The van der Waals surface area contributed by atoms with Crippen molar-refractivity contribution in [3.05, 3.63) is 36.4 Å². The van der Waals surface area contributed by atoms with Crippen LogP contribution in [-0.4, -0.2) is 34.2 Å². The molecule has 1 aromatic heterocycles. The second kappa shape index (κ2) is 4.79. The summed E-state index contributed by atoms with van der Waals surface area (Å²) >= 11 is 0. The molecule has 0 aliphatic rings. The second-order valence-corrected chi connectivity index (χ2v) is 4.09. The molecule has 4 N–H and O–H groups in total. The number of nitrogens with one attached hydrogen (secondary N) is 2. The van der Waals surface area contributed by atoms with E-state index in [4.69, 9.17) is 5.73 Å². The van der Waals surface area contributed by atoms with Gasteiger partial charge in [-0.1, -0.05) is 18.7 Å². The number of nitrogens with zero attached hydrogens (tertiary/aromatic N) is 3. The van der Waals surface area contributed by atoms with Crippen molar-refractivity contribution in [3.63, 3.8) is 0 Å². The van der Waals surface area contributed by atoms with Gasteiger partial charge in [-0.15, -0.1) is 5.10 Å². The third kappa shape index (κ3) is 2.60. The summed E-state index contributed by atoms with van der Waals surface area (Å²) in [7, 11) is 3.93. The standard InChI is InChI=1S/C12H16N6/c1-8(18(2)3)9-4-6-10(7-5-9)14-12-15-11(13)16-17-12/h4-7H,1H2,2-3H3,(H4,13,14,15,16,17). The molecule has 1 aromatic carbocycles. The Morgan fingerprint density at radius 1 is 1.33 bits per heavy atom. The Labute approximate surface area is 106 Å². The van der Waals surface area contributed by atoms with Crippen molar-refractivity contribution >= 4 is 23.3 Å². The quantitative estimate of drug-likeness (QED) is 0.762. The maximum atomic E-state index is 5.44. The van der Waals surface area contributed by atoms with Gasteiger partial charge in [0.15, 0.2) is 0 Å². The van der Waals surface area contributed by atoms with Crippen LogP contribution < -0.4 is 11.1 Å². The summed E-state index contributed by atoms with van der Waals surface area (Å²) in [6.07, 6.45) is 0. The Bertz CT molecular complexity index is 540. The molecule has 0 atom stereocenters. The van der Waals surface area contributed by atoms with Gasteiger partial charge in [-0.2, -0.15) is 4.98 Å². The Hall–Kier alpha value is -2.50. The molecule has 1 heterocycles. The molecule has 0 aliphatic carbocycles. The van der Waals surface area contributed by atoms with Gasteiger partial charge in [0.05, 0.1) is 0 Å². The van der Waals surface area contributed by atoms with Gasteiger partial charge < -0.3 is 16.0 Å². The molecular weight excluding hydrogens is 228 g/mol. The first-order chi connectivity index (χ1) is 8.56. The van der Waals surface area contributed by atoms with Crippen molar-refractivity contribution in [2.24, 2.45) is 0 Å². The number of nitrogens with two attached hydrogens (primary N) is 1. The largest absolute Gasteiger partial charge is 0.378 e. The number of nitrogen functional groups attached to an aromatic ring is 1. The predicted octanol–water partition coefficient (Wildman–Crippen LogP) is 1.66. The zero-order chi connectivity index (χ0) is 13.1. The number of H-pyrrole nitrogens is 1. The van der Waals surface area contributed by atoms with Crippen LogP contribution in [0.1, 0.15) is 5.56 Å². The van der Waals surface area contributed by atoms with Crippen molar-refractivity contribution in [1.82, 2.24) is 20.1 Å². The minimum absolute atomic E-state index is 0.287. The minimum atomic E-state index is 0.287. The number of rotatable bonds is 4. The van der Waals surface area contributed by atoms with Gasteiger partial charge in [-0.05, 0) is 17.7 Å². The predicted molar refractivity (Wildman–Crippen MR) is 73.2 cm³/mol. The van der Waals surface area contributed by atoms with E-state index >= 15 is 0 Å². The van der Waals surface area contributed by atoms with Crippen LogP contribution >= 0.6 is 0 Å². The molecule has 0 amide bonds. The van der Waals surface area contributed by atoms with Crippen LogP contribution in [0.15, 0.2) is 30.8 Å². The molecule has 2 aromatic rings. The maximum absolute atomic E-state index is 5.44. The zero-order valence-electron chi connectivity index (χ0n) is 10.4. The third-order valence-corrected chi connectivity index (χ3v) is 2.52. The normalized spacial score (nSPS) is 10.1. The second-order valence-electron chi connectivity index (χ2n) is 4.09. The smallest absolute Gasteiger partial charge is 0.248 e. The van der Waals surface area contributed by atoms with Gasteiger partial charge in [-0.3, -0.25) is 0 Å². The Morgan fingerprint density at radius 3 is 2.50 bits per heavy atom. The Morgan fingerprint density at radius 2 is 2.00 bits per heavy atom. The van der Waals surface area contributed by atoms with Crippen LogP contribution in [0.25, 0.3) is 5.70 Å². The van der Waals surface area contributed by atoms with Crippen LogP contribution in [-0.2, 0) is 0 Å². The highest BCUT2D eigenvalue weighted by atomic mass is 15.3. The Kier molecular flexibility index (Phi) is 3.18. The topological polar surface area (TPSA) is 82.9 Å². The lowest BCUT2D eigenvalue weighted by molar-refractivity contribution is 0.593. The molecule has 18 heavy (non-hydrogen) atoms. The SMILES string of the molecule is C=C(c1ccc(Nc2n[nH]c(N)n2)cc1)N(C)C. The van der Waals surface area contributed by atoms with Crippen LogP contribution in [0.2, 0.25) is 0 Å². The molecule has 0 saturated heterocycles. The maximum Gasteiger partial charge on any atom is 0.248 e. The lowest BCUT2D eigenvalue weighted by atomic mass is 10.1. The molecule has 94 valence electrons. The van der Waals surface area contributed by atoms with E-state index in [2.05, 4.69) is 27.1 Å². The van der Waals surface area contributed by atoms with Gasteiger partial charge >= 0.3 is 0 Å². The van der Waals surface area contributed by atoms with Gasteiger partial charge in [0.25, 0.3) is 0 Å². The Balaban J connectivity index is 2.10. The van der Waals surface area contributed by atoms with E-state index in [0.29, 0.717) is 5.95 Å². The fourth-order valence-corrected chi connectivity index (χ4v) is 1.46. The molecule has 0 radical (unpaired) electrons. The first kappa shape index (κ1) is 12.0. The summed E-state index contributed by atoms with van der Waals surface area (Å²) in [5, 5.41) is 9.51. The fraction of sp³-hybridized carbons (Fsp3) is 0.167. The van der Waals surface area contributed by atoms with E-state index < -0.39 is 0 Å². The summed E-state index contributed by atoms with van der Waals surface area (Å²) in [6.45, 7) is 4.00.